The summed E-state index contributed by atoms with van der Waals surface area (Å²) in [6.45, 7) is 2.74. The third-order valence-corrected chi connectivity index (χ3v) is 3.46. The van der Waals surface area contributed by atoms with Gasteiger partial charge < -0.3 is 5.32 Å². The van der Waals surface area contributed by atoms with Crippen molar-refractivity contribution in [2.75, 3.05) is 6.54 Å². The minimum atomic E-state index is -0.816. The van der Waals surface area contributed by atoms with Gasteiger partial charge in [0.05, 0.1) is 5.01 Å². The van der Waals surface area contributed by atoms with E-state index in [0.717, 1.165) is 23.2 Å². The van der Waals surface area contributed by atoms with Crippen molar-refractivity contribution in [1.82, 2.24) is 10.3 Å². The number of aromatic nitrogens is 1. The Kier molecular flexibility index (Phi) is 4.38. The van der Waals surface area contributed by atoms with Crippen molar-refractivity contribution >= 4 is 11.3 Å². The average Bonchev–Trinajstić information content (AvgIpc) is 2.85. The lowest BCUT2D eigenvalue weighted by Gasteiger charge is -2.17. The van der Waals surface area contributed by atoms with E-state index in [2.05, 4.69) is 10.3 Å². The Morgan fingerprint density at radius 3 is 2.78 bits per heavy atom. The Morgan fingerprint density at radius 1 is 1.33 bits per heavy atom. The summed E-state index contributed by atoms with van der Waals surface area (Å²) in [4.78, 5) is 4.21. The fourth-order valence-electron chi connectivity index (χ4n) is 1.81. The molecule has 0 spiro atoms. The average molecular weight is 268 g/mol. The first-order valence-electron chi connectivity index (χ1n) is 5.77. The number of benzene rings is 1. The van der Waals surface area contributed by atoms with Gasteiger partial charge in [0, 0.05) is 24.0 Å². The van der Waals surface area contributed by atoms with Crippen molar-refractivity contribution in [3.63, 3.8) is 0 Å². The molecule has 2 aromatic rings. The maximum absolute atomic E-state index is 13.2. The fourth-order valence-corrected chi connectivity index (χ4v) is 2.48. The van der Waals surface area contributed by atoms with Crippen LogP contribution in [0.3, 0.4) is 0 Å². The largest absolute Gasteiger partial charge is 0.310 e. The number of likely N-dealkylation sites (N-methyl/N-ethyl adjacent to an activating group) is 1. The molecule has 2 nitrogen and oxygen atoms in total. The van der Waals surface area contributed by atoms with Crippen LogP contribution in [0.4, 0.5) is 8.78 Å². The summed E-state index contributed by atoms with van der Waals surface area (Å²) in [5, 5.41) is 6.15. The van der Waals surface area contributed by atoms with Gasteiger partial charge in [-0.3, -0.25) is 0 Å². The molecule has 0 radical (unpaired) electrons. The molecular formula is C13H14F2N2S. The molecule has 0 aliphatic heterocycles. The molecule has 0 aliphatic carbocycles. The van der Waals surface area contributed by atoms with Crippen LogP contribution in [0, 0.1) is 11.6 Å². The van der Waals surface area contributed by atoms with Gasteiger partial charge in [0.1, 0.15) is 0 Å². The summed E-state index contributed by atoms with van der Waals surface area (Å²) < 4.78 is 26.2. The Morgan fingerprint density at radius 2 is 2.17 bits per heavy atom. The minimum Gasteiger partial charge on any atom is -0.310 e. The van der Waals surface area contributed by atoms with Crippen LogP contribution in [0.25, 0.3) is 0 Å². The predicted molar refractivity (Wildman–Crippen MR) is 68.6 cm³/mol. The summed E-state index contributed by atoms with van der Waals surface area (Å²) in [6.07, 6.45) is 2.42. The molecule has 96 valence electrons. The van der Waals surface area contributed by atoms with Gasteiger partial charge in [-0.2, -0.15) is 0 Å². The first kappa shape index (κ1) is 13.1. The zero-order valence-electron chi connectivity index (χ0n) is 9.99. The molecule has 0 bridgehead atoms. The standard InChI is InChI=1S/C13H14F2N2S/c1-2-16-12(8-13-17-5-6-18-13)9-3-4-10(14)11(15)7-9/h3-7,12,16H,2,8H2,1H3. The molecule has 1 N–H and O–H groups in total. The number of nitrogens with one attached hydrogen (secondary N) is 1. The van der Waals surface area contributed by atoms with Crippen LogP contribution in [0.15, 0.2) is 29.8 Å². The van der Waals surface area contributed by atoms with E-state index in [1.807, 2.05) is 12.3 Å². The van der Waals surface area contributed by atoms with E-state index in [4.69, 9.17) is 0 Å². The SMILES string of the molecule is CCNC(Cc1nccs1)c1ccc(F)c(F)c1. The van der Waals surface area contributed by atoms with Crippen LogP contribution in [0.2, 0.25) is 0 Å². The number of halogens is 2. The van der Waals surface area contributed by atoms with E-state index >= 15 is 0 Å². The highest BCUT2D eigenvalue weighted by atomic mass is 32.1. The Balaban J connectivity index is 2.20. The van der Waals surface area contributed by atoms with Crippen LogP contribution in [0.5, 0.6) is 0 Å². The zero-order chi connectivity index (χ0) is 13.0. The molecule has 1 unspecified atom stereocenters. The van der Waals surface area contributed by atoms with Gasteiger partial charge >= 0.3 is 0 Å². The van der Waals surface area contributed by atoms with E-state index in [1.165, 1.54) is 6.07 Å². The number of thiazole rings is 1. The van der Waals surface area contributed by atoms with Crippen LogP contribution in [0.1, 0.15) is 23.5 Å². The summed E-state index contributed by atoms with van der Waals surface area (Å²) >= 11 is 1.56. The lowest BCUT2D eigenvalue weighted by Crippen LogP contribution is -2.23. The van der Waals surface area contributed by atoms with Gasteiger partial charge in [-0.25, -0.2) is 13.8 Å². The topological polar surface area (TPSA) is 24.9 Å². The smallest absolute Gasteiger partial charge is 0.159 e. The fraction of sp³-hybridized carbons (Fsp3) is 0.308. The van der Waals surface area contributed by atoms with Crippen LogP contribution in [-0.4, -0.2) is 11.5 Å². The summed E-state index contributed by atoms with van der Waals surface area (Å²) in [5.74, 6) is -1.63. The van der Waals surface area contributed by atoms with Crippen molar-refractivity contribution in [3.8, 4) is 0 Å². The Labute approximate surface area is 109 Å². The highest BCUT2D eigenvalue weighted by molar-refractivity contribution is 7.09. The molecule has 1 atom stereocenters. The molecule has 0 saturated heterocycles. The van der Waals surface area contributed by atoms with Gasteiger partial charge in [0.2, 0.25) is 0 Å². The zero-order valence-corrected chi connectivity index (χ0v) is 10.8. The number of hydrogen-bond acceptors (Lipinski definition) is 3. The number of hydrogen-bond donors (Lipinski definition) is 1. The second-order valence-electron chi connectivity index (χ2n) is 3.91. The molecule has 18 heavy (non-hydrogen) atoms. The van der Waals surface area contributed by atoms with Gasteiger partial charge in [-0.05, 0) is 24.2 Å². The van der Waals surface area contributed by atoms with Gasteiger partial charge in [0.15, 0.2) is 11.6 Å². The first-order valence-corrected chi connectivity index (χ1v) is 6.65. The van der Waals surface area contributed by atoms with Crippen LogP contribution < -0.4 is 5.32 Å². The number of nitrogens with zero attached hydrogens (tertiary/aromatic N) is 1. The molecule has 5 heteroatoms. The molecule has 1 aromatic carbocycles. The molecule has 0 saturated carbocycles. The van der Waals surface area contributed by atoms with E-state index < -0.39 is 11.6 Å². The Hall–Kier alpha value is -1.33. The van der Waals surface area contributed by atoms with E-state index in [1.54, 1.807) is 23.6 Å². The second-order valence-corrected chi connectivity index (χ2v) is 4.89. The summed E-state index contributed by atoms with van der Waals surface area (Å²) in [6, 6.07) is 3.98. The minimum absolute atomic E-state index is 0.0451. The van der Waals surface area contributed by atoms with Crippen LogP contribution >= 0.6 is 11.3 Å². The third kappa shape index (κ3) is 3.11. The van der Waals surface area contributed by atoms with Crippen molar-refractivity contribution in [2.24, 2.45) is 0 Å². The molecule has 0 aliphatic rings. The van der Waals surface area contributed by atoms with Gasteiger partial charge in [-0.1, -0.05) is 13.0 Å². The Bertz CT molecular complexity index is 500. The maximum Gasteiger partial charge on any atom is 0.159 e. The van der Waals surface area contributed by atoms with E-state index in [-0.39, 0.29) is 6.04 Å². The maximum atomic E-state index is 13.2. The molecule has 1 heterocycles. The van der Waals surface area contributed by atoms with Crippen molar-refractivity contribution in [1.29, 1.82) is 0 Å². The van der Waals surface area contributed by atoms with Crippen molar-refractivity contribution < 1.29 is 8.78 Å². The molecule has 0 amide bonds. The molecule has 1 aromatic heterocycles. The van der Waals surface area contributed by atoms with Crippen molar-refractivity contribution in [2.45, 2.75) is 19.4 Å². The van der Waals surface area contributed by atoms with Gasteiger partial charge in [0.25, 0.3) is 0 Å². The summed E-state index contributed by atoms with van der Waals surface area (Å²) in [7, 11) is 0. The highest BCUT2D eigenvalue weighted by Crippen LogP contribution is 2.21. The third-order valence-electron chi connectivity index (χ3n) is 2.66. The molecule has 2 rings (SSSR count). The van der Waals surface area contributed by atoms with E-state index in [0.29, 0.717) is 6.42 Å². The number of rotatable bonds is 5. The van der Waals surface area contributed by atoms with Gasteiger partial charge in [-0.15, -0.1) is 11.3 Å². The summed E-state index contributed by atoms with van der Waals surface area (Å²) in [5.41, 5.74) is 0.742. The lowest BCUT2D eigenvalue weighted by molar-refractivity contribution is 0.497. The predicted octanol–water partition coefficient (Wildman–Crippen LogP) is 3.31. The normalized spacial score (nSPS) is 12.6. The molecule has 0 fully saturated rings. The highest BCUT2D eigenvalue weighted by Gasteiger charge is 2.14. The lowest BCUT2D eigenvalue weighted by atomic mass is 10.0. The quantitative estimate of drug-likeness (QED) is 0.900. The monoisotopic (exact) mass is 268 g/mol. The van der Waals surface area contributed by atoms with E-state index in [9.17, 15) is 8.78 Å². The molecular weight excluding hydrogens is 254 g/mol. The second kappa shape index (κ2) is 6.02. The first-order chi connectivity index (χ1) is 8.70. The van der Waals surface area contributed by atoms with Crippen molar-refractivity contribution in [3.05, 3.63) is 52.0 Å². The van der Waals surface area contributed by atoms with Crippen LogP contribution in [-0.2, 0) is 6.42 Å².